The average Bonchev–Trinajstić information content (AvgIpc) is 2.96. The summed E-state index contributed by atoms with van der Waals surface area (Å²) in [6, 6.07) is 2.39. The number of Topliss-reactive ketones (excluding diaryl/α,β-unsaturated/α-hetero) is 1. The number of ketones is 1. The van der Waals surface area contributed by atoms with Gasteiger partial charge >= 0.3 is 0 Å². The summed E-state index contributed by atoms with van der Waals surface area (Å²) in [5.41, 5.74) is 5.34. The molecule has 1 saturated heterocycles. The first kappa shape index (κ1) is 23.3. The number of nitrogens with one attached hydrogen (secondary N) is 1. The van der Waals surface area contributed by atoms with E-state index in [1.165, 1.54) is 31.2 Å². The number of rotatable bonds is 7. The number of nitrogens with two attached hydrogens (primary N) is 1. The molecule has 2 heterocycles. The first-order chi connectivity index (χ1) is 14.8. The Labute approximate surface area is 182 Å². The van der Waals surface area contributed by atoms with Gasteiger partial charge in [0, 0.05) is 6.20 Å². The molecule has 0 bridgehead atoms. The second-order valence-electron chi connectivity index (χ2n) is 8.15. The molecule has 1 aromatic heterocycles. The third kappa shape index (κ3) is 5.68. The molecule has 2 atom stereocenters. The quantitative estimate of drug-likeness (QED) is 0.631. The zero-order chi connectivity index (χ0) is 22.4. The van der Waals surface area contributed by atoms with Crippen molar-refractivity contribution in [2.75, 3.05) is 6.54 Å². The maximum Gasteiger partial charge on any atom is 0.284 e. The van der Waals surface area contributed by atoms with Gasteiger partial charge in [0.05, 0.1) is 19.0 Å². The fraction of sp³-hybridized carbons (Fsp3) is 0.571. The fourth-order valence-electron chi connectivity index (χ4n) is 4.24. The van der Waals surface area contributed by atoms with E-state index in [0.717, 1.165) is 25.7 Å². The van der Waals surface area contributed by atoms with Crippen molar-refractivity contribution in [3.05, 3.63) is 30.8 Å². The topological polar surface area (TPSA) is 140 Å². The molecular weight excluding hydrogens is 420 g/mol. The maximum absolute atomic E-state index is 13.4. The van der Waals surface area contributed by atoms with Crippen LogP contribution >= 0.6 is 0 Å². The molecule has 1 aliphatic carbocycles. The van der Waals surface area contributed by atoms with E-state index in [2.05, 4.69) is 10.3 Å². The zero-order valence-electron chi connectivity index (χ0n) is 17.4. The Kier molecular flexibility index (Phi) is 7.77. The van der Waals surface area contributed by atoms with Crippen LogP contribution in [0.2, 0.25) is 0 Å². The van der Waals surface area contributed by atoms with Crippen molar-refractivity contribution in [3.8, 4) is 0 Å². The molecule has 10 heteroatoms. The molecule has 3 rings (SSSR count). The van der Waals surface area contributed by atoms with E-state index in [9.17, 15) is 22.8 Å². The molecule has 0 spiro atoms. The first-order valence-corrected chi connectivity index (χ1v) is 12.1. The molecule has 1 aromatic rings. The molecular formula is C21H29N4O5S. The first-order valence-electron chi connectivity index (χ1n) is 10.7. The third-order valence-electron chi connectivity index (χ3n) is 5.98. The second-order valence-corrected chi connectivity index (χ2v) is 9.91. The smallest absolute Gasteiger partial charge is 0.284 e. The van der Waals surface area contributed by atoms with E-state index >= 15 is 0 Å². The van der Waals surface area contributed by atoms with Crippen LogP contribution in [0.4, 0.5) is 0 Å². The Morgan fingerprint density at radius 2 is 1.90 bits per heavy atom. The number of amides is 2. The van der Waals surface area contributed by atoms with Crippen molar-refractivity contribution in [3.63, 3.8) is 0 Å². The molecule has 3 N–H and O–H groups in total. The molecule has 0 aromatic carbocycles. The Bertz CT molecular complexity index is 900. The van der Waals surface area contributed by atoms with Crippen LogP contribution in [0, 0.1) is 12.3 Å². The SMILES string of the molecule is NC(=O)[C@@H]1CC[C@@H](N(C(=O)[CH]CC2CCCCC2)S(=O)(=O)c2ccccn2)C(=O)CN1. The van der Waals surface area contributed by atoms with Crippen LogP contribution < -0.4 is 11.1 Å². The van der Waals surface area contributed by atoms with Crippen LogP contribution in [0.1, 0.15) is 51.4 Å². The number of sulfonamides is 1. The Morgan fingerprint density at radius 3 is 2.55 bits per heavy atom. The summed E-state index contributed by atoms with van der Waals surface area (Å²) in [7, 11) is -4.36. The van der Waals surface area contributed by atoms with Crippen molar-refractivity contribution in [1.29, 1.82) is 0 Å². The van der Waals surface area contributed by atoms with Crippen LogP contribution in [-0.4, -0.2) is 53.9 Å². The lowest BCUT2D eigenvalue weighted by atomic mass is 9.86. The van der Waals surface area contributed by atoms with Crippen LogP contribution in [0.3, 0.4) is 0 Å². The molecule has 169 valence electrons. The largest absolute Gasteiger partial charge is 0.368 e. The van der Waals surface area contributed by atoms with Gasteiger partial charge in [0.15, 0.2) is 10.8 Å². The molecule has 1 saturated carbocycles. The number of carbonyl (C=O) groups excluding carboxylic acids is 3. The van der Waals surface area contributed by atoms with Crippen LogP contribution in [0.15, 0.2) is 29.4 Å². The van der Waals surface area contributed by atoms with E-state index < -0.39 is 39.7 Å². The summed E-state index contributed by atoms with van der Waals surface area (Å²) < 4.78 is 27.4. The van der Waals surface area contributed by atoms with Crippen molar-refractivity contribution in [2.45, 2.75) is 68.5 Å². The van der Waals surface area contributed by atoms with Gasteiger partial charge in [0.1, 0.15) is 6.04 Å². The summed E-state index contributed by atoms with van der Waals surface area (Å²) in [4.78, 5) is 41.4. The maximum atomic E-state index is 13.4. The predicted molar refractivity (Wildman–Crippen MR) is 113 cm³/mol. The second kappa shape index (κ2) is 10.3. The summed E-state index contributed by atoms with van der Waals surface area (Å²) in [5.74, 6) is -1.50. The number of aromatic nitrogens is 1. The standard InChI is InChI=1S/C21H29N4O5S/c22-21(28)16-10-11-17(18(26)14-24-16)25(31(29,30)19-8-4-5-13-23-19)20(27)12-9-15-6-2-1-3-7-15/h4-5,8,12-13,15-17,24H,1-3,6-7,9-11,14H2,(H2,22,28)/t16-,17+/m0/s1. The highest BCUT2D eigenvalue weighted by Gasteiger charge is 2.41. The molecule has 0 unspecified atom stereocenters. The molecule has 2 fully saturated rings. The van der Waals surface area contributed by atoms with Crippen LogP contribution in [0.25, 0.3) is 0 Å². The Balaban J connectivity index is 1.87. The monoisotopic (exact) mass is 449 g/mol. The third-order valence-corrected chi connectivity index (χ3v) is 7.70. The van der Waals surface area contributed by atoms with Crippen molar-refractivity contribution in [1.82, 2.24) is 14.6 Å². The minimum atomic E-state index is -4.36. The summed E-state index contributed by atoms with van der Waals surface area (Å²) in [5, 5.41) is 2.45. The summed E-state index contributed by atoms with van der Waals surface area (Å²) >= 11 is 0. The van der Waals surface area contributed by atoms with Crippen molar-refractivity contribution >= 4 is 27.6 Å². The molecule has 1 radical (unpaired) electrons. The Morgan fingerprint density at radius 1 is 1.16 bits per heavy atom. The average molecular weight is 450 g/mol. The highest BCUT2D eigenvalue weighted by Crippen LogP contribution is 2.29. The van der Waals surface area contributed by atoms with E-state index in [0.29, 0.717) is 16.6 Å². The van der Waals surface area contributed by atoms with Crippen molar-refractivity contribution in [2.24, 2.45) is 11.7 Å². The van der Waals surface area contributed by atoms with E-state index in [4.69, 9.17) is 5.73 Å². The van der Waals surface area contributed by atoms with Crippen LogP contribution in [0.5, 0.6) is 0 Å². The fourth-order valence-corrected chi connectivity index (χ4v) is 5.76. The van der Waals surface area contributed by atoms with Gasteiger partial charge in [0.25, 0.3) is 10.0 Å². The molecule has 1 aliphatic heterocycles. The number of hydrogen-bond donors (Lipinski definition) is 2. The van der Waals surface area contributed by atoms with Gasteiger partial charge in [-0.1, -0.05) is 38.2 Å². The number of pyridine rings is 1. The Hall–Kier alpha value is -2.33. The molecule has 31 heavy (non-hydrogen) atoms. The minimum absolute atomic E-state index is 0.00844. The predicted octanol–water partition coefficient (Wildman–Crippen LogP) is 0.949. The van der Waals surface area contributed by atoms with Crippen molar-refractivity contribution < 1.29 is 22.8 Å². The van der Waals surface area contributed by atoms with Crippen LogP contribution in [-0.2, 0) is 24.4 Å². The molecule has 2 amide bonds. The van der Waals surface area contributed by atoms with E-state index in [1.54, 1.807) is 6.07 Å². The lowest BCUT2D eigenvalue weighted by Gasteiger charge is -2.29. The molecule has 9 nitrogen and oxygen atoms in total. The highest BCUT2D eigenvalue weighted by atomic mass is 32.2. The summed E-state index contributed by atoms with van der Waals surface area (Å²) in [6.45, 7) is -0.248. The van der Waals surface area contributed by atoms with Gasteiger partial charge in [-0.05, 0) is 37.3 Å². The lowest BCUT2D eigenvalue weighted by molar-refractivity contribution is -0.131. The number of primary amides is 1. The van der Waals surface area contributed by atoms with E-state index in [1.807, 2.05) is 0 Å². The van der Waals surface area contributed by atoms with Gasteiger partial charge in [-0.25, -0.2) is 9.29 Å². The normalized spacial score (nSPS) is 23.2. The lowest BCUT2D eigenvalue weighted by Crippen LogP contribution is -2.50. The van der Waals surface area contributed by atoms with Gasteiger partial charge in [-0.3, -0.25) is 19.7 Å². The van der Waals surface area contributed by atoms with Gasteiger partial charge < -0.3 is 5.73 Å². The summed E-state index contributed by atoms with van der Waals surface area (Å²) in [6.07, 6.45) is 8.71. The minimum Gasteiger partial charge on any atom is -0.368 e. The number of nitrogens with zero attached hydrogens (tertiary/aromatic N) is 2. The van der Waals surface area contributed by atoms with Gasteiger partial charge in [-0.2, -0.15) is 8.42 Å². The number of carbonyl (C=O) groups is 3. The molecule has 2 aliphatic rings. The number of hydrogen-bond acceptors (Lipinski definition) is 7. The van der Waals surface area contributed by atoms with Gasteiger partial charge in [-0.15, -0.1) is 0 Å². The zero-order valence-corrected chi connectivity index (χ0v) is 18.2. The highest BCUT2D eigenvalue weighted by molar-refractivity contribution is 7.89. The van der Waals surface area contributed by atoms with E-state index in [-0.39, 0.29) is 24.4 Å². The van der Waals surface area contributed by atoms with Gasteiger partial charge in [0.2, 0.25) is 11.8 Å².